The highest BCUT2D eigenvalue weighted by atomic mass is 15.1. The molecule has 2 heterocycles. The first kappa shape index (κ1) is 13.0. The van der Waals surface area contributed by atoms with E-state index in [4.69, 9.17) is 0 Å². The molecule has 2 aromatic carbocycles. The van der Waals surface area contributed by atoms with Gasteiger partial charge in [0.25, 0.3) is 0 Å². The van der Waals surface area contributed by atoms with Crippen molar-refractivity contribution in [1.82, 2.24) is 14.5 Å². The third kappa shape index (κ3) is 1.75. The standard InChI is InChI=1S/C19H17N3/c1-12-8-13(2)18(14(3)9-12)22-17-7-5-4-6-15(17)16-10-20-11-21-19(16)22/h4-11H,1-3H3. The second-order valence-electron chi connectivity index (χ2n) is 5.86. The molecule has 0 aliphatic carbocycles. The van der Waals surface area contributed by atoms with Gasteiger partial charge in [-0.3, -0.25) is 4.57 Å². The van der Waals surface area contributed by atoms with E-state index in [1.807, 2.05) is 6.20 Å². The Kier molecular flexibility index (Phi) is 2.76. The van der Waals surface area contributed by atoms with Gasteiger partial charge < -0.3 is 0 Å². The van der Waals surface area contributed by atoms with Gasteiger partial charge >= 0.3 is 0 Å². The van der Waals surface area contributed by atoms with Gasteiger partial charge in [0, 0.05) is 17.0 Å². The lowest BCUT2D eigenvalue weighted by molar-refractivity contribution is 1.07. The Morgan fingerprint density at radius 3 is 2.41 bits per heavy atom. The van der Waals surface area contributed by atoms with Gasteiger partial charge in [-0.25, -0.2) is 9.97 Å². The second-order valence-corrected chi connectivity index (χ2v) is 5.86. The smallest absolute Gasteiger partial charge is 0.149 e. The number of rotatable bonds is 1. The molecular formula is C19H17N3. The summed E-state index contributed by atoms with van der Waals surface area (Å²) >= 11 is 0. The lowest BCUT2D eigenvalue weighted by Gasteiger charge is -2.14. The quantitative estimate of drug-likeness (QED) is 0.516. The van der Waals surface area contributed by atoms with E-state index in [1.54, 1.807) is 6.33 Å². The Balaban J connectivity index is 2.23. The molecule has 3 heteroatoms. The van der Waals surface area contributed by atoms with E-state index in [-0.39, 0.29) is 0 Å². The van der Waals surface area contributed by atoms with E-state index in [0.29, 0.717) is 0 Å². The van der Waals surface area contributed by atoms with Gasteiger partial charge in [-0.1, -0.05) is 35.9 Å². The molecule has 0 atom stereocenters. The van der Waals surface area contributed by atoms with Crippen LogP contribution in [0.4, 0.5) is 0 Å². The number of hydrogen-bond acceptors (Lipinski definition) is 2. The Morgan fingerprint density at radius 2 is 1.64 bits per heavy atom. The maximum absolute atomic E-state index is 4.55. The summed E-state index contributed by atoms with van der Waals surface area (Å²) in [6.07, 6.45) is 3.52. The zero-order chi connectivity index (χ0) is 15.3. The number of hydrogen-bond donors (Lipinski definition) is 0. The molecule has 0 N–H and O–H groups in total. The summed E-state index contributed by atoms with van der Waals surface area (Å²) < 4.78 is 2.26. The molecule has 0 amide bonds. The maximum Gasteiger partial charge on any atom is 0.149 e. The van der Waals surface area contributed by atoms with Crippen LogP contribution in [0.15, 0.2) is 48.9 Å². The Bertz CT molecular complexity index is 935. The predicted molar refractivity (Wildman–Crippen MR) is 90.6 cm³/mol. The SMILES string of the molecule is Cc1cc(C)c(-n2c3ccccc3c3cncnc32)c(C)c1. The highest BCUT2D eigenvalue weighted by Crippen LogP contribution is 2.32. The van der Waals surface area contributed by atoms with Crippen LogP contribution in [0.5, 0.6) is 0 Å². The van der Waals surface area contributed by atoms with E-state index >= 15 is 0 Å². The molecule has 22 heavy (non-hydrogen) atoms. The number of para-hydroxylation sites is 1. The molecule has 0 fully saturated rings. The first-order valence-electron chi connectivity index (χ1n) is 7.44. The summed E-state index contributed by atoms with van der Waals surface area (Å²) in [6, 6.07) is 12.9. The van der Waals surface area contributed by atoms with E-state index in [9.17, 15) is 0 Å². The molecular weight excluding hydrogens is 270 g/mol. The van der Waals surface area contributed by atoms with Crippen molar-refractivity contribution in [2.24, 2.45) is 0 Å². The third-order valence-corrected chi connectivity index (χ3v) is 4.20. The van der Waals surface area contributed by atoms with Crippen LogP contribution in [-0.2, 0) is 0 Å². The van der Waals surface area contributed by atoms with Crippen LogP contribution in [0.2, 0.25) is 0 Å². The molecule has 0 radical (unpaired) electrons. The molecule has 0 aliphatic rings. The monoisotopic (exact) mass is 287 g/mol. The molecule has 0 unspecified atom stereocenters. The fraction of sp³-hybridized carbons (Fsp3) is 0.158. The van der Waals surface area contributed by atoms with Crippen LogP contribution in [-0.4, -0.2) is 14.5 Å². The molecule has 0 saturated carbocycles. The van der Waals surface area contributed by atoms with Crippen molar-refractivity contribution in [2.75, 3.05) is 0 Å². The van der Waals surface area contributed by atoms with Crippen molar-refractivity contribution in [3.63, 3.8) is 0 Å². The molecule has 0 spiro atoms. The Hall–Kier alpha value is -2.68. The van der Waals surface area contributed by atoms with E-state index in [1.165, 1.54) is 33.3 Å². The number of aryl methyl sites for hydroxylation is 3. The highest BCUT2D eigenvalue weighted by Gasteiger charge is 2.16. The molecule has 0 aliphatic heterocycles. The normalized spacial score (nSPS) is 11.4. The van der Waals surface area contributed by atoms with Gasteiger partial charge in [0.1, 0.15) is 12.0 Å². The van der Waals surface area contributed by atoms with Crippen molar-refractivity contribution < 1.29 is 0 Å². The number of nitrogens with zero attached hydrogens (tertiary/aromatic N) is 3. The van der Waals surface area contributed by atoms with Gasteiger partial charge in [-0.15, -0.1) is 0 Å². The van der Waals surface area contributed by atoms with Gasteiger partial charge in [0.05, 0.1) is 11.2 Å². The van der Waals surface area contributed by atoms with E-state index in [2.05, 4.69) is 71.7 Å². The van der Waals surface area contributed by atoms with Gasteiger partial charge in [-0.2, -0.15) is 0 Å². The molecule has 0 bridgehead atoms. The largest absolute Gasteiger partial charge is 0.293 e. The lowest BCUT2D eigenvalue weighted by atomic mass is 10.0. The van der Waals surface area contributed by atoms with Crippen molar-refractivity contribution in [2.45, 2.75) is 20.8 Å². The van der Waals surface area contributed by atoms with Crippen LogP contribution in [0, 0.1) is 20.8 Å². The van der Waals surface area contributed by atoms with Crippen molar-refractivity contribution in [3.8, 4) is 5.69 Å². The second kappa shape index (κ2) is 4.67. The van der Waals surface area contributed by atoms with Gasteiger partial charge in [0.2, 0.25) is 0 Å². The third-order valence-electron chi connectivity index (χ3n) is 4.20. The van der Waals surface area contributed by atoms with Crippen molar-refractivity contribution in [3.05, 3.63) is 65.6 Å². The molecule has 4 aromatic rings. The summed E-state index contributed by atoms with van der Waals surface area (Å²) in [5, 5.41) is 2.29. The first-order chi connectivity index (χ1) is 10.7. The number of aromatic nitrogens is 3. The fourth-order valence-corrected chi connectivity index (χ4v) is 3.45. The van der Waals surface area contributed by atoms with Crippen LogP contribution in [0.3, 0.4) is 0 Å². The summed E-state index contributed by atoms with van der Waals surface area (Å²) in [5.41, 5.74) is 7.17. The Labute approximate surface area is 129 Å². The van der Waals surface area contributed by atoms with Crippen molar-refractivity contribution in [1.29, 1.82) is 0 Å². The minimum Gasteiger partial charge on any atom is -0.293 e. The predicted octanol–water partition coefficient (Wildman–Crippen LogP) is 4.50. The maximum atomic E-state index is 4.55. The van der Waals surface area contributed by atoms with Crippen LogP contribution < -0.4 is 0 Å². The van der Waals surface area contributed by atoms with Crippen molar-refractivity contribution >= 4 is 21.9 Å². The van der Waals surface area contributed by atoms with Crippen LogP contribution >= 0.6 is 0 Å². The summed E-state index contributed by atoms with van der Waals surface area (Å²) in [4.78, 5) is 8.76. The Morgan fingerprint density at radius 1 is 0.909 bits per heavy atom. The number of benzene rings is 2. The van der Waals surface area contributed by atoms with E-state index in [0.717, 1.165) is 11.0 Å². The van der Waals surface area contributed by atoms with Crippen LogP contribution in [0.25, 0.3) is 27.6 Å². The average Bonchev–Trinajstić information content (AvgIpc) is 2.82. The van der Waals surface area contributed by atoms with Crippen LogP contribution in [0.1, 0.15) is 16.7 Å². The minimum atomic E-state index is 0.964. The summed E-state index contributed by atoms with van der Waals surface area (Å²) in [6.45, 7) is 6.46. The van der Waals surface area contributed by atoms with Gasteiger partial charge in [0.15, 0.2) is 0 Å². The summed E-state index contributed by atoms with van der Waals surface area (Å²) in [5.74, 6) is 0. The zero-order valence-electron chi connectivity index (χ0n) is 13.0. The fourth-order valence-electron chi connectivity index (χ4n) is 3.45. The van der Waals surface area contributed by atoms with Gasteiger partial charge in [-0.05, 0) is 38.0 Å². The van der Waals surface area contributed by atoms with E-state index < -0.39 is 0 Å². The molecule has 0 saturated heterocycles. The zero-order valence-corrected chi connectivity index (χ0v) is 13.0. The molecule has 4 rings (SSSR count). The lowest BCUT2D eigenvalue weighted by Crippen LogP contribution is -2.01. The minimum absolute atomic E-state index is 0.964. The molecule has 108 valence electrons. The number of fused-ring (bicyclic) bond motifs is 3. The summed E-state index contributed by atoms with van der Waals surface area (Å²) in [7, 11) is 0. The molecule has 2 aromatic heterocycles. The molecule has 3 nitrogen and oxygen atoms in total. The topological polar surface area (TPSA) is 30.7 Å². The average molecular weight is 287 g/mol. The first-order valence-corrected chi connectivity index (χ1v) is 7.44. The highest BCUT2D eigenvalue weighted by molar-refractivity contribution is 6.07.